The maximum Gasteiger partial charge on any atom is 0.168 e. The SMILES string of the molecule is CCCCC[n+]1ccccc1.CCCCC[n+]1ccccc1.[I-].[I-]. The van der Waals surface area contributed by atoms with Crippen molar-refractivity contribution in [1.29, 1.82) is 0 Å². The summed E-state index contributed by atoms with van der Waals surface area (Å²) in [6.45, 7) is 6.79. The maximum absolute atomic E-state index is 2.23. The number of hydrogen-bond donors (Lipinski definition) is 0. The van der Waals surface area contributed by atoms with Gasteiger partial charge in [-0.05, 0) is 12.8 Å². The second kappa shape index (κ2) is 19.1. The van der Waals surface area contributed by atoms with Gasteiger partial charge in [0.1, 0.15) is 13.1 Å². The monoisotopic (exact) mass is 554 g/mol. The van der Waals surface area contributed by atoms with E-state index in [0.29, 0.717) is 0 Å². The highest BCUT2D eigenvalue weighted by atomic mass is 127. The van der Waals surface area contributed by atoms with Crippen LogP contribution >= 0.6 is 0 Å². The molecule has 0 saturated carbocycles. The van der Waals surface area contributed by atoms with Crippen LogP contribution in [-0.4, -0.2) is 0 Å². The first-order chi connectivity index (χ1) is 10.9. The van der Waals surface area contributed by atoms with E-state index in [1.807, 2.05) is 0 Å². The third-order valence-electron chi connectivity index (χ3n) is 3.59. The van der Waals surface area contributed by atoms with Crippen LogP contribution in [0.25, 0.3) is 0 Å². The van der Waals surface area contributed by atoms with E-state index >= 15 is 0 Å². The number of rotatable bonds is 8. The number of halogens is 2. The van der Waals surface area contributed by atoms with Gasteiger partial charge < -0.3 is 48.0 Å². The van der Waals surface area contributed by atoms with E-state index in [9.17, 15) is 0 Å². The fourth-order valence-electron chi connectivity index (χ4n) is 2.26. The number of aryl methyl sites for hydroxylation is 2. The van der Waals surface area contributed by atoms with E-state index in [1.54, 1.807) is 0 Å². The van der Waals surface area contributed by atoms with Gasteiger partial charge in [0.25, 0.3) is 0 Å². The normalized spacial score (nSPS) is 9.08. The van der Waals surface area contributed by atoms with Crippen LogP contribution in [0.15, 0.2) is 61.2 Å². The molecule has 0 aromatic carbocycles. The minimum Gasteiger partial charge on any atom is -1.00 e. The molecule has 0 aliphatic carbocycles. The molecular formula is C20H32I2N2. The zero-order valence-electron chi connectivity index (χ0n) is 15.1. The number of pyridine rings is 2. The molecule has 4 heteroatoms. The van der Waals surface area contributed by atoms with Crippen LogP contribution in [0.1, 0.15) is 52.4 Å². The topological polar surface area (TPSA) is 7.76 Å². The van der Waals surface area contributed by atoms with Crippen molar-refractivity contribution in [1.82, 2.24) is 0 Å². The molecule has 0 unspecified atom stereocenters. The van der Waals surface area contributed by atoms with Gasteiger partial charge in [-0.3, -0.25) is 0 Å². The molecule has 136 valence electrons. The first kappa shape index (κ1) is 26.0. The van der Waals surface area contributed by atoms with Gasteiger partial charge >= 0.3 is 0 Å². The summed E-state index contributed by atoms with van der Waals surface area (Å²) in [5, 5.41) is 0. The van der Waals surface area contributed by atoms with Gasteiger partial charge in [-0.2, -0.15) is 0 Å². The van der Waals surface area contributed by atoms with Crippen molar-refractivity contribution < 1.29 is 57.1 Å². The summed E-state index contributed by atoms with van der Waals surface area (Å²) in [6, 6.07) is 12.4. The number of unbranched alkanes of at least 4 members (excludes halogenated alkanes) is 4. The Morgan fingerprint density at radius 1 is 0.500 bits per heavy atom. The highest BCUT2D eigenvalue weighted by molar-refractivity contribution is 4.84. The molecule has 0 N–H and O–H groups in total. The van der Waals surface area contributed by atoms with Gasteiger partial charge in [0.15, 0.2) is 24.8 Å². The van der Waals surface area contributed by atoms with Crippen molar-refractivity contribution >= 4 is 0 Å². The quantitative estimate of drug-likeness (QED) is 0.210. The molecule has 0 aliphatic heterocycles. The first-order valence-electron chi connectivity index (χ1n) is 8.75. The predicted octanol–water partition coefficient (Wildman–Crippen LogP) is -1.66. The van der Waals surface area contributed by atoms with Gasteiger partial charge in [0.2, 0.25) is 0 Å². The third-order valence-corrected chi connectivity index (χ3v) is 3.59. The second-order valence-electron chi connectivity index (χ2n) is 5.64. The fourth-order valence-corrected chi connectivity index (χ4v) is 2.26. The van der Waals surface area contributed by atoms with Crippen LogP contribution in [-0.2, 0) is 13.1 Å². The van der Waals surface area contributed by atoms with Gasteiger partial charge in [-0.1, -0.05) is 38.8 Å². The summed E-state index contributed by atoms with van der Waals surface area (Å²) in [5.41, 5.74) is 0. The standard InChI is InChI=1S/2C10H16N.2HI/c2*1-2-3-5-8-11-9-6-4-7-10-11;;/h2*4,6-7,9-10H,2-3,5,8H2,1H3;2*1H/q2*+1;;/p-2. The Hall–Kier alpha value is -0.240. The summed E-state index contributed by atoms with van der Waals surface area (Å²) in [4.78, 5) is 0. The molecule has 0 amide bonds. The smallest absolute Gasteiger partial charge is 0.168 e. The average molecular weight is 554 g/mol. The van der Waals surface area contributed by atoms with Crippen molar-refractivity contribution in [3.8, 4) is 0 Å². The van der Waals surface area contributed by atoms with E-state index in [4.69, 9.17) is 0 Å². The molecule has 0 saturated heterocycles. The average Bonchev–Trinajstić information content (AvgIpc) is 2.58. The minimum absolute atomic E-state index is 0. The molecule has 0 aliphatic rings. The van der Waals surface area contributed by atoms with E-state index in [0.717, 1.165) is 13.1 Å². The maximum atomic E-state index is 2.23. The molecular weight excluding hydrogens is 522 g/mol. The Labute approximate surface area is 182 Å². The molecule has 2 heterocycles. The summed E-state index contributed by atoms with van der Waals surface area (Å²) >= 11 is 0. The number of nitrogens with zero attached hydrogens (tertiary/aromatic N) is 2. The van der Waals surface area contributed by atoms with Crippen molar-refractivity contribution in [3.05, 3.63) is 61.2 Å². The lowest BCUT2D eigenvalue weighted by Gasteiger charge is -1.93. The first-order valence-corrected chi connectivity index (χ1v) is 8.75. The Balaban J connectivity index is 0. The van der Waals surface area contributed by atoms with Gasteiger partial charge in [0.05, 0.1) is 0 Å². The minimum atomic E-state index is 0. The second-order valence-corrected chi connectivity index (χ2v) is 5.64. The Morgan fingerprint density at radius 3 is 1.12 bits per heavy atom. The van der Waals surface area contributed by atoms with Crippen LogP contribution < -0.4 is 57.1 Å². The third kappa shape index (κ3) is 14.1. The van der Waals surface area contributed by atoms with Crippen molar-refractivity contribution in [3.63, 3.8) is 0 Å². The van der Waals surface area contributed by atoms with Crippen LogP contribution in [0.3, 0.4) is 0 Å². The zero-order chi connectivity index (χ0) is 15.9. The summed E-state index contributed by atoms with van der Waals surface area (Å²) < 4.78 is 4.46. The number of aromatic nitrogens is 2. The number of hydrogen-bond acceptors (Lipinski definition) is 0. The van der Waals surface area contributed by atoms with Gasteiger partial charge in [-0.15, -0.1) is 0 Å². The van der Waals surface area contributed by atoms with E-state index < -0.39 is 0 Å². The molecule has 0 fully saturated rings. The van der Waals surface area contributed by atoms with Gasteiger partial charge in [-0.25, -0.2) is 9.13 Å². The molecule has 0 atom stereocenters. The van der Waals surface area contributed by atoms with E-state index in [2.05, 4.69) is 84.2 Å². The molecule has 24 heavy (non-hydrogen) atoms. The summed E-state index contributed by atoms with van der Waals surface area (Å²) in [7, 11) is 0. The molecule has 0 spiro atoms. The highest BCUT2D eigenvalue weighted by Crippen LogP contribution is 1.93. The lowest BCUT2D eigenvalue weighted by molar-refractivity contribution is -0.697. The predicted molar refractivity (Wildman–Crippen MR) is 92.3 cm³/mol. The highest BCUT2D eigenvalue weighted by Gasteiger charge is 1.95. The largest absolute Gasteiger partial charge is 1.00 e. The summed E-state index contributed by atoms with van der Waals surface area (Å²) in [6.07, 6.45) is 16.3. The Morgan fingerprint density at radius 2 is 0.833 bits per heavy atom. The molecule has 2 aromatic rings. The molecule has 0 bridgehead atoms. The van der Waals surface area contributed by atoms with Crippen molar-refractivity contribution in [2.75, 3.05) is 0 Å². The van der Waals surface area contributed by atoms with Crippen LogP contribution in [0.4, 0.5) is 0 Å². The molecule has 2 aromatic heterocycles. The van der Waals surface area contributed by atoms with Crippen LogP contribution in [0, 0.1) is 0 Å². The molecule has 2 rings (SSSR count). The van der Waals surface area contributed by atoms with Crippen LogP contribution in [0.5, 0.6) is 0 Å². The van der Waals surface area contributed by atoms with E-state index in [-0.39, 0.29) is 48.0 Å². The fraction of sp³-hybridized carbons (Fsp3) is 0.500. The van der Waals surface area contributed by atoms with Crippen molar-refractivity contribution in [2.24, 2.45) is 0 Å². The molecule has 2 nitrogen and oxygen atoms in total. The summed E-state index contributed by atoms with van der Waals surface area (Å²) in [5.74, 6) is 0. The van der Waals surface area contributed by atoms with Crippen molar-refractivity contribution in [2.45, 2.75) is 65.5 Å². The lowest BCUT2D eigenvalue weighted by Crippen LogP contribution is -3.00. The Bertz CT molecular complexity index is 418. The lowest BCUT2D eigenvalue weighted by atomic mass is 10.2. The zero-order valence-corrected chi connectivity index (χ0v) is 19.4. The van der Waals surface area contributed by atoms with Crippen LogP contribution in [0.2, 0.25) is 0 Å². The Kier molecular flexibility index (Phi) is 20.7. The van der Waals surface area contributed by atoms with E-state index in [1.165, 1.54) is 38.5 Å². The van der Waals surface area contributed by atoms with Gasteiger partial charge in [0, 0.05) is 37.1 Å². The molecule has 0 radical (unpaired) electrons.